The van der Waals surface area contributed by atoms with Gasteiger partial charge in [-0.1, -0.05) is 6.92 Å². The molecule has 0 bridgehead atoms. The summed E-state index contributed by atoms with van der Waals surface area (Å²) in [7, 11) is 2.97. The molecule has 0 aliphatic carbocycles. The molecule has 1 aliphatic rings. The van der Waals surface area contributed by atoms with E-state index in [4.69, 9.17) is 14.2 Å². The van der Waals surface area contributed by atoms with Crippen molar-refractivity contribution in [3.05, 3.63) is 23.3 Å². The third kappa shape index (κ3) is 2.07. The number of carbonyl (C=O) groups excluding carboxylic acids is 1. The zero-order valence-electron chi connectivity index (χ0n) is 10.3. The minimum absolute atomic E-state index is 0.332. The Morgan fingerprint density at radius 1 is 1.41 bits per heavy atom. The number of fused-ring (bicyclic) bond motifs is 1. The first kappa shape index (κ1) is 11.8. The summed E-state index contributed by atoms with van der Waals surface area (Å²) in [6, 6.07) is 3.46. The zero-order valence-corrected chi connectivity index (χ0v) is 10.3. The van der Waals surface area contributed by atoms with Crippen LogP contribution in [0, 0.1) is 5.92 Å². The van der Waals surface area contributed by atoms with Crippen LogP contribution in [0.15, 0.2) is 12.1 Å². The highest BCUT2D eigenvalue weighted by atomic mass is 16.5. The van der Waals surface area contributed by atoms with E-state index in [1.165, 1.54) is 7.11 Å². The van der Waals surface area contributed by atoms with Crippen LogP contribution in [0.3, 0.4) is 0 Å². The summed E-state index contributed by atoms with van der Waals surface area (Å²) in [6.07, 6.45) is 0.803. The van der Waals surface area contributed by atoms with Gasteiger partial charge in [0.1, 0.15) is 0 Å². The van der Waals surface area contributed by atoms with Gasteiger partial charge in [-0.2, -0.15) is 0 Å². The second-order valence-corrected chi connectivity index (χ2v) is 4.23. The van der Waals surface area contributed by atoms with Gasteiger partial charge in [-0.25, -0.2) is 4.79 Å². The van der Waals surface area contributed by atoms with Crippen molar-refractivity contribution in [2.24, 2.45) is 5.92 Å². The molecular formula is C13H16O4. The van der Waals surface area contributed by atoms with E-state index in [1.54, 1.807) is 19.2 Å². The van der Waals surface area contributed by atoms with Crippen LogP contribution in [-0.2, 0) is 11.2 Å². The minimum Gasteiger partial charge on any atom is -0.493 e. The number of hydrogen-bond donors (Lipinski definition) is 0. The van der Waals surface area contributed by atoms with E-state index in [0.717, 1.165) is 12.0 Å². The van der Waals surface area contributed by atoms with Gasteiger partial charge in [0.2, 0.25) is 0 Å². The predicted molar refractivity (Wildman–Crippen MR) is 62.7 cm³/mol. The van der Waals surface area contributed by atoms with Crippen molar-refractivity contribution in [2.45, 2.75) is 13.3 Å². The fourth-order valence-corrected chi connectivity index (χ4v) is 2.06. The summed E-state index contributed by atoms with van der Waals surface area (Å²) in [4.78, 5) is 11.7. The van der Waals surface area contributed by atoms with Crippen LogP contribution >= 0.6 is 0 Å². The third-order valence-corrected chi connectivity index (χ3v) is 2.91. The lowest BCUT2D eigenvalue weighted by atomic mass is 9.93. The number of esters is 1. The summed E-state index contributed by atoms with van der Waals surface area (Å²) in [5.41, 5.74) is 1.45. The van der Waals surface area contributed by atoms with Gasteiger partial charge in [0.15, 0.2) is 11.5 Å². The smallest absolute Gasteiger partial charge is 0.338 e. The van der Waals surface area contributed by atoms with Gasteiger partial charge < -0.3 is 14.2 Å². The van der Waals surface area contributed by atoms with Crippen LogP contribution in [0.25, 0.3) is 0 Å². The predicted octanol–water partition coefficient (Wildman–Crippen LogP) is 2.05. The van der Waals surface area contributed by atoms with Gasteiger partial charge in [-0.3, -0.25) is 0 Å². The Morgan fingerprint density at radius 2 is 2.18 bits per heavy atom. The molecule has 0 fully saturated rings. The molecular weight excluding hydrogens is 220 g/mol. The van der Waals surface area contributed by atoms with E-state index in [9.17, 15) is 4.79 Å². The Balaban J connectivity index is 2.52. The number of ether oxygens (including phenoxy) is 3. The molecule has 1 heterocycles. The zero-order chi connectivity index (χ0) is 12.4. The highest BCUT2D eigenvalue weighted by Gasteiger charge is 2.25. The molecule has 2 rings (SSSR count). The largest absolute Gasteiger partial charge is 0.493 e. The highest BCUT2D eigenvalue weighted by molar-refractivity contribution is 5.92. The normalized spacial score (nSPS) is 17.9. The first-order valence-corrected chi connectivity index (χ1v) is 5.58. The summed E-state index contributed by atoms with van der Waals surface area (Å²) < 4.78 is 15.7. The summed E-state index contributed by atoms with van der Waals surface area (Å²) in [5, 5.41) is 0. The fraction of sp³-hybridized carbons (Fsp3) is 0.462. The van der Waals surface area contributed by atoms with Crippen molar-refractivity contribution >= 4 is 5.97 Å². The molecule has 1 aliphatic heterocycles. The maximum atomic E-state index is 11.7. The molecule has 1 aromatic carbocycles. The second-order valence-electron chi connectivity index (χ2n) is 4.23. The van der Waals surface area contributed by atoms with Crippen molar-refractivity contribution in [3.8, 4) is 11.5 Å². The van der Waals surface area contributed by atoms with Crippen LogP contribution in [0.4, 0.5) is 0 Å². The van der Waals surface area contributed by atoms with Crippen molar-refractivity contribution in [1.29, 1.82) is 0 Å². The number of methoxy groups -OCH3 is 2. The molecule has 17 heavy (non-hydrogen) atoms. The van der Waals surface area contributed by atoms with Crippen LogP contribution in [0.2, 0.25) is 0 Å². The Morgan fingerprint density at radius 3 is 2.82 bits per heavy atom. The second kappa shape index (κ2) is 4.65. The molecule has 4 heteroatoms. The van der Waals surface area contributed by atoms with E-state index < -0.39 is 0 Å². The fourth-order valence-electron chi connectivity index (χ4n) is 2.06. The Bertz CT molecular complexity index is 439. The molecule has 4 nitrogen and oxygen atoms in total. The Hall–Kier alpha value is -1.71. The lowest BCUT2D eigenvalue weighted by Crippen LogP contribution is -2.21. The summed E-state index contributed by atoms with van der Waals surface area (Å²) in [6.45, 7) is 2.73. The van der Waals surface area contributed by atoms with Gasteiger partial charge in [-0.05, 0) is 24.5 Å². The van der Waals surface area contributed by atoms with E-state index >= 15 is 0 Å². The number of rotatable bonds is 2. The van der Waals surface area contributed by atoms with E-state index in [2.05, 4.69) is 6.92 Å². The van der Waals surface area contributed by atoms with Crippen molar-refractivity contribution in [1.82, 2.24) is 0 Å². The molecule has 0 saturated carbocycles. The Kier molecular flexibility index (Phi) is 3.22. The average Bonchev–Trinajstić information content (AvgIpc) is 2.36. The summed E-state index contributed by atoms with van der Waals surface area (Å²) in [5.74, 6) is 1.40. The van der Waals surface area contributed by atoms with E-state index in [1.807, 2.05) is 0 Å². The molecule has 0 N–H and O–H groups in total. The molecule has 1 aromatic rings. The molecule has 1 atom stereocenters. The SMILES string of the molecule is COC(=O)c1ccc(OC)c2c1CC(C)CO2. The topological polar surface area (TPSA) is 44.8 Å². The first-order valence-electron chi connectivity index (χ1n) is 5.58. The quantitative estimate of drug-likeness (QED) is 0.737. The lowest BCUT2D eigenvalue weighted by Gasteiger charge is -2.25. The molecule has 0 amide bonds. The highest BCUT2D eigenvalue weighted by Crippen LogP contribution is 2.38. The summed E-state index contributed by atoms with van der Waals surface area (Å²) >= 11 is 0. The minimum atomic E-state index is -0.332. The lowest BCUT2D eigenvalue weighted by molar-refractivity contribution is 0.0597. The Labute approximate surface area is 100 Å². The van der Waals surface area contributed by atoms with Gasteiger partial charge >= 0.3 is 5.97 Å². The van der Waals surface area contributed by atoms with Crippen LogP contribution < -0.4 is 9.47 Å². The van der Waals surface area contributed by atoms with E-state index in [-0.39, 0.29) is 5.97 Å². The maximum absolute atomic E-state index is 11.7. The van der Waals surface area contributed by atoms with Crippen molar-refractivity contribution in [2.75, 3.05) is 20.8 Å². The molecule has 1 unspecified atom stereocenters. The standard InChI is InChI=1S/C13H16O4/c1-8-6-10-9(13(14)16-3)4-5-11(15-2)12(10)17-7-8/h4-5,8H,6-7H2,1-3H3. The molecule has 0 spiro atoms. The number of benzene rings is 1. The van der Waals surface area contributed by atoms with Gasteiger partial charge in [0.05, 0.1) is 26.4 Å². The van der Waals surface area contributed by atoms with Gasteiger partial charge in [-0.15, -0.1) is 0 Å². The van der Waals surface area contributed by atoms with Gasteiger partial charge in [0, 0.05) is 5.56 Å². The maximum Gasteiger partial charge on any atom is 0.338 e. The van der Waals surface area contributed by atoms with Crippen LogP contribution in [-0.4, -0.2) is 26.8 Å². The van der Waals surface area contributed by atoms with Crippen LogP contribution in [0.1, 0.15) is 22.8 Å². The molecule has 0 saturated heterocycles. The third-order valence-electron chi connectivity index (χ3n) is 2.91. The molecule has 0 aromatic heterocycles. The average molecular weight is 236 g/mol. The number of carbonyl (C=O) groups is 1. The van der Waals surface area contributed by atoms with Crippen LogP contribution in [0.5, 0.6) is 11.5 Å². The monoisotopic (exact) mass is 236 g/mol. The van der Waals surface area contributed by atoms with Crippen molar-refractivity contribution < 1.29 is 19.0 Å². The number of hydrogen-bond acceptors (Lipinski definition) is 4. The van der Waals surface area contributed by atoms with Gasteiger partial charge in [0.25, 0.3) is 0 Å². The molecule has 92 valence electrons. The van der Waals surface area contributed by atoms with Crippen molar-refractivity contribution in [3.63, 3.8) is 0 Å². The molecule has 0 radical (unpaired) electrons. The van der Waals surface area contributed by atoms with E-state index in [0.29, 0.717) is 29.6 Å². The first-order chi connectivity index (χ1) is 8.17.